The van der Waals surface area contributed by atoms with Crippen LogP contribution < -0.4 is 10.1 Å². The Labute approximate surface area is 156 Å². The monoisotopic (exact) mass is 372 g/mol. The van der Waals surface area contributed by atoms with Crippen molar-refractivity contribution in [3.63, 3.8) is 0 Å². The normalized spacial score (nSPS) is 11.2. The van der Waals surface area contributed by atoms with Crippen LogP contribution in [-0.2, 0) is 0 Å². The molecule has 0 saturated heterocycles. The van der Waals surface area contributed by atoms with Gasteiger partial charge in [-0.15, -0.1) is 0 Å². The second-order valence-electron chi connectivity index (χ2n) is 6.37. The van der Waals surface area contributed by atoms with Gasteiger partial charge in [-0.2, -0.15) is 0 Å². The molecule has 0 aliphatic rings. The van der Waals surface area contributed by atoms with E-state index in [9.17, 15) is 9.90 Å². The predicted octanol–water partition coefficient (Wildman–Crippen LogP) is 4.56. The van der Waals surface area contributed by atoms with Crippen molar-refractivity contribution in [2.24, 2.45) is 0 Å². The van der Waals surface area contributed by atoms with Gasteiger partial charge in [0.15, 0.2) is 0 Å². The number of halogens is 1. The van der Waals surface area contributed by atoms with E-state index in [4.69, 9.17) is 16.3 Å². The van der Waals surface area contributed by atoms with Gasteiger partial charge in [0.2, 0.25) is 0 Å². The van der Waals surface area contributed by atoms with Crippen molar-refractivity contribution in [2.75, 3.05) is 13.2 Å². The van der Waals surface area contributed by atoms with E-state index < -0.39 is 5.97 Å². The van der Waals surface area contributed by atoms with Crippen molar-refractivity contribution in [3.8, 4) is 16.9 Å². The zero-order valence-electron chi connectivity index (χ0n) is 14.7. The van der Waals surface area contributed by atoms with Crippen molar-refractivity contribution in [3.05, 3.63) is 53.2 Å². The van der Waals surface area contributed by atoms with Gasteiger partial charge >= 0.3 is 5.97 Å². The van der Waals surface area contributed by atoms with Crippen LogP contribution in [0.25, 0.3) is 22.0 Å². The fourth-order valence-electron chi connectivity index (χ4n) is 2.79. The number of hydrogen-bond donors (Lipinski definition) is 3. The molecule has 3 N–H and O–H groups in total. The molecular weight excluding hydrogens is 352 g/mol. The van der Waals surface area contributed by atoms with Gasteiger partial charge in [0.25, 0.3) is 0 Å². The number of benzene rings is 2. The number of aromatic carboxylic acids is 1. The van der Waals surface area contributed by atoms with E-state index in [1.165, 1.54) is 6.20 Å². The molecule has 26 heavy (non-hydrogen) atoms. The van der Waals surface area contributed by atoms with E-state index in [1.54, 1.807) is 12.1 Å². The summed E-state index contributed by atoms with van der Waals surface area (Å²) in [6.07, 6.45) is 1.48. The van der Waals surface area contributed by atoms with Crippen LogP contribution in [0.2, 0.25) is 5.02 Å². The molecule has 0 radical (unpaired) electrons. The number of aromatic amines is 1. The number of rotatable bonds is 7. The zero-order valence-corrected chi connectivity index (χ0v) is 15.4. The number of carboxylic acids is 1. The Morgan fingerprint density at radius 1 is 1.27 bits per heavy atom. The molecule has 136 valence electrons. The van der Waals surface area contributed by atoms with Crippen LogP contribution in [0.3, 0.4) is 0 Å². The van der Waals surface area contributed by atoms with Crippen LogP contribution in [0.5, 0.6) is 5.75 Å². The number of nitrogens with one attached hydrogen (secondary N) is 2. The van der Waals surface area contributed by atoms with Gasteiger partial charge in [-0.1, -0.05) is 37.6 Å². The molecular formula is C20H21ClN2O3. The van der Waals surface area contributed by atoms with E-state index >= 15 is 0 Å². The lowest BCUT2D eigenvalue weighted by Gasteiger charge is -2.11. The molecule has 3 aromatic rings. The molecule has 0 aliphatic heterocycles. The Hall–Kier alpha value is -2.50. The highest BCUT2D eigenvalue weighted by Gasteiger charge is 2.14. The van der Waals surface area contributed by atoms with Crippen LogP contribution in [0.15, 0.2) is 42.6 Å². The highest BCUT2D eigenvalue weighted by atomic mass is 35.5. The van der Waals surface area contributed by atoms with Crippen molar-refractivity contribution < 1.29 is 14.6 Å². The summed E-state index contributed by atoms with van der Waals surface area (Å²) < 4.78 is 5.71. The summed E-state index contributed by atoms with van der Waals surface area (Å²) in [5, 5.41) is 13.8. The summed E-state index contributed by atoms with van der Waals surface area (Å²) in [6, 6.07) is 11.6. The van der Waals surface area contributed by atoms with Crippen molar-refractivity contribution in [1.82, 2.24) is 10.3 Å². The van der Waals surface area contributed by atoms with Crippen LogP contribution >= 0.6 is 11.6 Å². The third kappa shape index (κ3) is 4.00. The lowest BCUT2D eigenvalue weighted by molar-refractivity contribution is 0.0699. The molecule has 1 aromatic heterocycles. The molecule has 6 heteroatoms. The Morgan fingerprint density at radius 2 is 2.00 bits per heavy atom. The first-order valence-electron chi connectivity index (χ1n) is 8.46. The minimum Gasteiger partial charge on any atom is -0.492 e. The smallest absolute Gasteiger partial charge is 0.337 e. The summed E-state index contributed by atoms with van der Waals surface area (Å²) in [6.45, 7) is 5.56. The first kappa shape index (κ1) is 18.3. The molecule has 0 amide bonds. The molecule has 0 unspecified atom stereocenters. The van der Waals surface area contributed by atoms with Gasteiger partial charge in [-0.05, 0) is 29.8 Å². The maximum Gasteiger partial charge on any atom is 0.337 e. The number of ether oxygens (including phenoxy) is 1. The summed E-state index contributed by atoms with van der Waals surface area (Å²) in [5.41, 5.74) is 2.63. The second-order valence-corrected chi connectivity index (χ2v) is 6.77. The van der Waals surface area contributed by atoms with Crippen LogP contribution in [0.1, 0.15) is 24.2 Å². The number of carboxylic acid groups (broad SMARTS) is 1. The molecule has 3 rings (SSSR count). The van der Waals surface area contributed by atoms with Crippen LogP contribution in [0.4, 0.5) is 0 Å². The SMILES string of the molecule is CC(C)NCCOc1ccc(-c2cc3c(C(=O)O)c[nH]c3cc2Cl)cc1. The zero-order chi connectivity index (χ0) is 18.7. The van der Waals surface area contributed by atoms with E-state index in [0.29, 0.717) is 28.6 Å². The van der Waals surface area contributed by atoms with Crippen molar-refractivity contribution in [2.45, 2.75) is 19.9 Å². The maximum absolute atomic E-state index is 11.3. The van der Waals surface area contributed by atoms with Gasteiger partial charge in [0.05, 0.1) is 10.6 Å². The summed E-state index contributed by atoms with van der Waals surface area (Å²) >= 11 is 6.39. The van der Waals surface area contributed by atoms with Gasteiger partial charge in [-0.25, -0.2) is 4.79 Å². The van der Waals surface area contributed by atoms with E-state index in [2.05, 4.69) is 24.1 Å². The largest absolute Gasteiger partial charge is 0.492 e. The van der Waals surface area contributed by atoms with E-state index in [1.807, 2.05) is 24.3 Å². The number of carbonyl (C=O) groups is 1. The number of H-pyrrole nitrogens is 1. The first-order valence-corrected chi connectivity index (χ1v) is 8.84. The molecule has 0 aliphatic carbocycles. The summed E-state index contributed by atoms with van der Waals surface area (Å²) in [4.78, 5) is 14.3. The lowest BCUT2D eigenvalue weighted by atomic mass is 10.0. The first-order chi connectivity index (χ1) is 12.5. The summed E-state index contributed by atoms with van der Waals surface area (Å²) in [7, 11) is 0. The van der Waals surface area contributed by atoms with Crippen molar-refractivity contribution in [1.29, 1.82) is 0 Å². The lowest BCUT2D eigenvalue weighted by Crippen LogP contribution is -2.27. The topological polar surface area (TPSA) is 74.3 Å². The third-order valence-corrected chi connectivity index (χ3v) is 4.40. The standard InChI is InChI=1S/C20H21ClN2O3/c1-12(2)22-7-8-26-14-5-3-13(4-6-14)15-9-16-17(20(24)25)11-23-19(16)10-18(15)21/h3-6,9-12,22-23H,7-8H2,1-2H3,(H,24,25). The fourth-order valence-corrected chi connectivity index (χ4v) is 3.06. The minimum atomic E-state index is -0.969. The molecule has 2 aromatic carbocycles. The van der Waals surface area contributed by atoms with Gasteiger partial charge in [0, 0.05) is 35.2 Å². The third-order valence-electron chi connectivity index (χ3n) is 4.09. The molecule has 0 fully saturated rings. The van der Waals surface area contributed by atoms with Crippen LogP contribution in [-0.4, -0.2) is 35.3 Å². The fraction of sp³-hybridized carbons (Fsp3) is 0.250. The highest BCUT2D eigenvalue weighted by Crippen LogP contribution is 2.34. The molecule has 0 atom stereocenters. The minimum absolute atomic E-state index is 0.232. The molecule has 1 heterocycles. The Kier molecular flexibility index (Phi) is 5.49. The Morgan fingerprint density at radius 3 is 2.65 bits per heavy atom. The Bertz CT molecular complexity index is 917. The molecule has 0 spiro atoms. The summed E-state index contributed by atoms with van der Waals surface area (Å²) in [5.74, 6) is -0.187. The predicted molar refractivity (Wildman–Crippen MR) is 104 cm³/mol. The second kappa shape index (κ2) is 7.81. The Balaban J connectivity index is 1.81. The highest BCUT2D eigenvalue weighted by molar-refractivity contribution is 6.34. The number of fused-ring (bicyclic) bond motifs is 1. The quantitative estimate of drug-likeness (QED) is 0.531. The van der Waals surface area contributed by atoms with Gasteiger partial charge in [-0.3, -0.25) is 0 Å². The average molecular weight is 373 g/mol. The molecule has 0 bridgehead atoms. The molecule has 0 saturated carbocycles. The van der Waals surface area contributed by atoms with E-state index in [-0.39, 0.29) is 5.56 Å². The van der Waals surface area contributed by atoms with Gasteiger partial charge in [0.1, 0.15) is 12.4 Å². The van der Waals surface area contributed by atoms with Crippen LogP contribution in [0, 0.1) is 0 Å². The van der Waals surface area contributed by atoms with Gasteiger partial charge < -0.3 is 20.1 Å². The van der Waals surface area contributed by atoms with E-state index in [0.717, 1.165) is 23.4 Å². The van der Waals surface area contributed by atoms with Crippen molar-refractivity contribution >= 4 is 28.5 Å². The average Bonchev–Trinajstić information content (AvgIpc) is 3.01. The maximum atomic E-state index is 11.3. The number of hydrogen-bond acceptors (Lipinski definition) is 3. The molecule has 5 nitrogen and oxygen atoms in total. The number of aromatic nitrogens is 1.